The summed E-state index contributed by atoms with van der Waals surface area (Å²) in [5, 5.41) is 0. The highest BCUT2D eigenvalue weighted by molar-refractivity contribution is 6.07. The third-order valence-corrected chi connectivity index (χ3v) is 9.59. The Balaban J connectivity index is 1.46. The Bertz CT molecular complexity index is 1980. The number of hydrogen-bond donors (Lipinski definition) is 0. The molecule has 0 aliphatic heterocycles. The van der Waals surface area contributed by atoms with Gasteiger partial charge in [0.25, 0.3) is 0 Å². The van der Waals surface area contributed by atoms with Crippen molar-refractivity contribution in [3.05, 3.63) is 202 Å². The predicted molar refractivity (Wildman–Crippen MR) is 174 cm³/mol. The zero-order chi connectivity index (χ0) is 27.7. The SMILES string of the molecule is C(=C1/C(C2c3ccccc3-c3ccccc32)=C(c2ccccc2)C12c1ccccc1-c1ccccc12)/c1ccccc1. The van der Waals surface area contributed by atoms with E-state index in [-0.39, 0.29) is 11.3 Å². The molecule has 0 heteroatoms. The normalized spacial score (nSPS) is 16.6. The van der Waals surface area contributed by atoms with Crippen LogP contribution in [-0.2, 0) is 5.41 Å². The molecule has 1 spiro atoms. The number of hydrogen-bond acceptors (Lipinski definition) is 0. The van der Waals surface area contributed by atoms with Crippen LogP contribution in [0, 0.1) is 0 Å². The van der Waals surface area contributed by atoms with Gasteiger partial charge in [0.05, 0.1) is 5.41 Å². The van der Waals surface area contributed by atoms with Gasteiger partial charge < -0.3 is 0 Å². The van der Waals surface area contributed by atoms with Gasteiger partial charge >= 0.3 is 0 Å². The summed E-state index contributed by atoms with van der Waals surface area (Å²) < 4.78 is 0. The van der Waals surface area contributed by atoms with Gasteiger partial charge in [-0.25, -0.2) is 0 Å². The molecule has 6 aromatic rings. The monoisotopic (exact) mass is 532 g/mol. The third-order valence-electron chi connectivity index (χ3n) is 9.59. The van der Waals surface area contributed by atoms with Gasteiger partial charge in [-0.1, -0.05) is 158 Å². The van der Waals surface area contributed by atoms with E-state index in [1.165, 1.54) is 72.4 Å². The zero-order valence-electron chi connectivity index (χ0n) is 23.2. The lowest BCUT2D eigenvalue weighted by Gasteiger charge is -2.50. The minimum absolute atomic E-state index is 0.160. The van der Waals surface area contributed by atoms with Crippen molar-refractivity contribution in [3.63, 3.8) is 0 Å². The minimum Gasteiger partial charge on any atom is -0.0622 e. The van der Waals surface area contributed by atoms with Gasteiger partial charge in [0.1, 0.15) is 0 Å². The number of fused-ring (bicyclic) bond motifs is 8. The lowest BCUT2D eigenvalue weighted by atomic mass is 9.50. The molecule has 0 fully saturated rings. The number of benzene rings is 6. The van der Waals surface area contributed by atoms with Crippen molar-refractivity contribution in [1.82, 2.24) is 0 Å². The smallest absolute Gasteiger partial charge is 0.0622 e. The van der Waals surface area contributed by atoms with E-state index in [1.54, 1.807) is 0 Å². The Morgan fingerprint density at radius 1 is 0.429 bits per heavy atom. The van der Waals surface area contributed by atoms with Crippen LogP contribution in [0.1, 0.15) is 39.3 Å². The average Bonchev–Trinajstić information content (AvgIpc) is 3.55. The molecule has 196 valence electrons. The van der Waals surface area contributed by atoms with Crippen molar-refractivity contribution in [1.29, 1.82) is 0 Å². The molecule has 0 radical (unpaired) electrons. The average molecular weight is 533 g/mol. The summed E-state index contributed by atoms with van der Waals surface area (Å²) in [6, 6.07) is 58.2. The van der Waals surface area contributed by atoms with Crippen LogP contribution in [0.4, 0.5) is 0 Å². The zero-order valence-corrected chi connectivity index (χ0v) is 23.2. The molecule has 0 atom stereocenters. The maximum Gasteiger partial charge on any atom is 0.0725 e. The van der Waals surface area contributed by atoms with Gasteiger partial charge in [-0.05, 0) is 78.4 Å². The molecule has 0 nitrogen and oxygen atoms in total. The van der Waals surface area contributed by atoms with Gasteiger partial charge in [0.2, 0.25) is 0 Å². The molecule has 0 amide bonds. The van der Waals surface area contributed by atoms with Gasteiger partial charge in [0, 0.05) is 5.92 Å². The Morgan fingerprint density at radius 3 is 1.45 bits per heavy atom. The van der Waals surface area contributed by atoms with Crippen molar-refractivity contribution >= 4 is 11.6 Å². The molecule has 3 aliphatic carbocycles. The Kier molecular flexibility index (Phi) is 4.98. The largest absolute Gasteiger partial charge is 0.0725 e. The Labute approximate surface area is 247 Å². The molecule has 42 heavy (non-hydrogen) atoms. The summed E-state index contributed by atoms with van der Waals surface area (Å²) in [6.07, 6.45) is 2.48. The van der Waals surface area contributed by atoms with E-state index in [0.717, 1.165) is 0 Å². The van der Waals surface area contributed by atoms with E-state index in [4.69, 9.17) is 0 Å². The van der Waals surface area contributed by atoms with Crippen molar-refractivity contribution in [2.45, 2.75) is 11.3 Å². The van der Waals surface area contributed by atoms with Crippen molar-refractivity contribution < 1.29 is 0 Å². The highest BCUT2D eigenvalue weighted by atomic mass is 14.6. The Hall–Kier alpha value is -5.20. The van der Waals surface area contributed by atoms with Crippen molar-refractivity contribution in [3.8, 4) is 22.3 Å². The predicted octanol–water partition coefficient (Wildman–Crippen LogP) is 10.3. The van der Waals surface area contributed by atoms with E-state index >= 15 is 0 Å². The van der Waals surface area contributed by atoms with Gasteiger partial charge in [-0.15, -0.1) is 0 Å². The molecule has 0 heterocycles. The van der Waals surface area contributed by atoms with Crippen LogP contribution in [0.2, 0.25) is 0 Å². The van der Waals surface area contributed by atoms with Crippen LogP contribution in [0.5, 0.6) is 0 Å². The molecule has 6 aromatic carbocycles. The van der Waals surface area contributed by atoms with E-state index in [2.05, 4.69) is 164 Å². The fourth-order valence-electron chi connectivity index (χ4n) is 8.05. The second-order valence-corrected chi connectivity index (χ2v) is 11.6. The van der Waals surface area contributed by atoms with Crippen LogP contribution >= 0.6 is 0 Å². The van der Waals surface area contributed by atoms with Gasteiger partial charge in [-0.2, -0.15) is 0 Å². The summed E-state index contributed by atoms with van der Waals surface area (Å²) in [7, 11) is 0. The highest BCUT2D eigenvalue weighted by Gasteiger charge is 2.59. The maximum atomic E-state index is 2.48. The molecule has 0 saturated carbocycles. The lowest BCUT2D eigenvalue weighted by Crippen LogP contribution is -2.41. The maximum absolute atomic E-state index is 2.48. The van der Waals surface area contributed by atoms with Crippen molar-refractivity contribution in [2.75, 3.05) is 0 Å². The summed E-state index contributed by atoms with van der Waals surface area (Å²) in [5.41, 5.74) is 17.4. The summed E-state index contributed by atoms with van der Waals surface area (Å²) in [6.45, 7) is 0. The van der Waals surface area contributed by atoms with Crippen LogP contribution < -0.4 is 0 Å². The molecular formula is C42H28. The molecule has 0 saturated heterocycles. The van der Waals surface area contributed by atoms with E-state index < -0.39 is 0 Å². The minimum atomic E-state index is -0.355. The van der Waals surface area contributed by atoms with E-state index in [1.807, 2.05) is 0 Å². The first-order valence-electron chi connectivity index (χ1n) is 14.8. The fourth-order valence-corrected chi connectivity index (χ4v) is 8.05. The number of rotatable bonds is 3. The van der Waals surface area contributed by atoms with Gasteiger partial charge in [0.15, 0.2) is 0 Å². The first-order valence-corrected chi connectivity index (χ1v) is 14.8. The molecule has 0 aromatic heterocycles. The van der Waals surface area contributed by atoms with Gasteiger partial charge in [-0.3, -0.25) is 0 Å². The molecule has 0 unspecified atom stereocenters. The third kappa shape index (κ3) is 3.02. The topological polar surface area (TPSA) is 0 Å². The molecule has 0 bridgehead atoms. The van der Waals surface area contributed by atoms with Crippen molar-refractivity contribution in [2.24, 2.45) is 0 Å². The molecule has 3 aliphatic rings. The summed E-state index contributed by atoms with van der Waals surface area (Å²) >= 11 is 0. The van der Waals surface area contributed by atoms with E-state index in [0.29, 0.717) is 0 Å². The molecule has 9 rings (SSSR count). The quantitative estimate of drug-likeness (QED) is 0.213. The second kappa shape index (κ2) is 8.90. The van der Waals surface area contributed by atoms with Crippen LogP contribution in [-0.4, -0.2) is 0 Å². The first-order chi connectivity index (χ1) is 20.9. The summed E-state index contributed by atoms with van der Waals surface area (Å²) in [5.74, 6) is 0.160. The van der Waals surface area contributed by atoms with Crippen LogP contribution in [0.3, 0.4) is 0 Å². The molecular weight excluding hydrogens is 504 g/mol. The van der Waals surface area contributed by atoms with Crippen LogP contribution in [0.25, 0.3) is 33.9 Å². The van der Waals surface area contributed by atoms with E-state index in [9.17, 15) is 0 Å². The Morgan fingerprint density at radius 2 is 0.881 bits per heavy atom. The molecule has 0 N–H and O–H groups in total. The van der Waals surface area contributed by atoms with Crippen LogP contribution in [0.15, 0.2) is 169 Å². The fraction of sp³-hybridized carbons (Fsp3) is 0.0476. The standard InChI is InChI=1S/C42H28/c1-3-15-28(16-4-1)27-38-40(39-34-23-9-7-19-30(34)31-20-8-10-24-35(31)39)41(29-17-5-2-6-18-29)42(38)36-25-13-11-21-32(36)33-22-12-14-26-37(33)42/h1-27,39H/b38-27+. The number of allylic oxidation sites excluding steroid dienone is 3. The second-order valence-electron chi connectivity index (χ2n) is 11.6. The lowest BCUT2D eigenvalue weighted by molar-refractivity contribution is 0.724. The first kappa shape index (κ1) is 23.5. The summed E-state index contributed by atoms with van der Waals surface area (Å²) in [4.78, 5) is 0. The highest BCUT2D eigenvalue weighted by Crippen LogP contribution is 2.71.